The number of benzene rings is 2. The highest BCUT2D eigenvalue weighted by Crippen LogP contribution is 2.39. The van der Waals surface area contributed by atoms with Crippen LogP contribution in [0.25, 0.3) is 20.9 Å². The molecule has 3 aromatic rings. The summed E-state index contributed by atoms with van der Waals surface area (Å²) in [5.74, 6) is -1.23. The van der Waals surface area contributed by atoms with Gasteiger partial charge in [-0.3, -0.25) is 0 Å². The highest BCUT2D eigenvalue weighted by Gasteiger charge is 2.33. The minimum Gasteiger partial charge on any atom is -0.478 e. The summed E-state index contributed by atoms with van der Waals surface area (Å²) in [5, 5.41) is 11.7. The molecule has 0 aliphatic carbocycles. The van der Waals surface area contributed by atoms with Crippen LogP contribution in [0.15, 0.2) is 35.7 Å². The molecule has 0 saturated carbocycles. The van der Waals surface area contributed by atoms with E-state index in [1.54, 1.807) is 17.5 Å². The molecule has 0 aliphatic rings. The van der Waals surface area contributed by atoms with Crippen LogP contribution in [-0.2, 0) is 6.18 Å². The third kappa shape index (κ3) is 1.84. The normalized spacial score (nSPS) is 12.2. The van der Waals surface area contributed by atoms with Gasteiger partial charge in [0.05, 0.1) is 11.1 Å². The van der Waals surface area contributed by atoms with E-state index in [4.69, 9.17) is 0 Å². The van der Waals surface area contributed by atoms with Crippen molar-refractivity contribution in [3.63, 3.8) is 0 Å². The average Bonchev–Trinajstić information content (AvgIpc) is 2.84. The molecule has 0 saturated heterocycles. The standard InChI is InChI=1S/C14H7F3O2S/c15-14(16,17)11-3-1-2-7-8-4-5-20-12(8)10(13(18)19)6-9(7)11/h1-6H,(H,18,19). The lowest BCUT2D eigenvalue weighted by Gasteiger charge is -2.12. The molecule has 0 aliphatic heterocycles. The summed E-state index contributed by atoms with van der Waals surface area (Å²) < 4.78 is 39.6. The van der Waals surface area contributed by atoms with Crippen molar-refractivity contribution in [2.24, 2.45) is 0 Å². The summed E-state index contributed by atoms with van der Waals surface area (Å²) in [6, 6.07) is 6.63. The number of alkyl halides is 3. The Morgan fingerprint density at radius 1 is 1.10 bits per heavy atom. The molecule has 2 aromatic carbocycles. The van der Waals surface area contributed by atoms with Gasteiger partial charge in [0, 0.05) is 10.1 Å². The second kappa shape index (κ2) is 4.21. The summed E-state index contributed by atoms with van der Waals surface area (Å²) in [6.45, 7) is 0. The third-order valence-electron chi connectivity index (χ3n) is 3.13. The van der Waals surface area contributed by atoms with Gasteiger partial charge >= 0.3 is 12.1 Å². The molecular weight excluding hydrogens is 289 g/mol. The Morgan fingerprint density at radius 2 is 1.85 bits per heavy atom. The SMILES string of the molecule is O=C(O)c1cc2c(C(F)(F)F)cccc2c2ccsc12. The molecule has 3 rings (SSSR count). The van der Waals surface area contributed by atoms with Gasteiger partial charge in [0.2, 0.25) is 0 Å². The molecule has 0 atom stereocenters. The monoisotopic (exact) mass is 296 g/mol. The minimum absolute atomic E-state index is 0.0803. The van der Waals surface area contributed by atoms with Crippen LogP contribution >= 0.6 is 11.3 Å². The number of carboxylic acid groups (broad SMARTS) is 1. The van der Waals surface area contributed by atoms with Gasteiger partial charge in [-0.05, 0) is 34.4 Å². The molecule has 6 heteroatoms. The third-order valence-corrected chi connectivity index (χ3v) is 4.08. The zero-order valence-electron chi connectivity index (χ0n) is 9.86. The van der Waals surface area contributed by atoms with Gasteiger partial charge in [-0.25, -0.2) is 4.79 Å². The Hall–Kier alpha value is -2.08. The number of hydrogen-bond donors (Lipinski definition) is 1. The summed E-state index contributed by atoms with van der Waals surface area (Å²) in [4.78, 5) is 11.2. The van der Waals surface area contributed by atoms with Crippen LogP contribution in [0.2, 0.25) is 0 Å². The predicted octanol–water partition coefficient (Wildman–Crippen LogP) is 4.77. The number of fused-ring (bicyclic) bond motifs is 3. The van der Waals surface area contributed by atoms with E-state index in [1.165, 1.54) is 17.4 Å². The first-order chi connectivity index (χ1) is 9.39. The summed E-state index contributed by atoms with van der Waals surface area (Å²) in [7, 11) is 0. The maximum atomic E-state index is 13.0. The summed E-state index contributed by atoms with van der Waals surface area (Å²) in [5.41, 5.74) is -0.912. The second-order valence-corrected chi connectivity index (χ2v) is 5.21. The fraction of sp³-hybridized carbons (Fsp3) is 0.0714. The van der Waals surface area contributed by atoms with Crippen molar-refractivity contribution in [2.45, 2.75) is 6.18 Å². The predicted molar refractivity (Wildman–Crippen MR) is 71.3 cm³/mol. The van der Waals surface area contributed by atoms with E-state index < -0.39 is 17.7 Å². The maximum absolute atomic E-state index is 13.0. The molecule has 0 radical (unpaired) electrons. The van der Waals surface area contributed by atoms with Gasteiger partial charge in [0.1, 0.15) is 0 Å². The molecule has 0 spiro atoms. The van der Waals surface area contributed by atoms with E-state index in [1.807, 2.05) is 0 Å². The lowest BCUT2D eigenvalue weighted by atomic mass is 9.98. The second-order valence-electron chi connectivity index (χ2n) is 4.29. The maximum Gasteiger partial charge on any atom is 0.417 e. The number of hydrogen-bond acceptors (Lipinski definition) is 2. The first kappa shape index (κ1) is 12.9. The molecule has 1 heterocycles. The smallest absolute Gasteiger partial charge is 0.417 e. The van der Waals surface area contributed by atoms with Gasteiger partial charge in [0.15, 0.2) is 0 Å². The minimum atomic E-state index is -4.51. The Bertz CT molecular complexity index is 833. The van der Waals surface area contributed by atoms with E-state index in [9.17, 15) is 23.1 Å². The van der Waals surface area contributed by atoms with E-state index in [0.717, 1.165) is 12.1 Å². The van der Waals surface area contributed by atoms with E-state index in [-0.39, 0.29) is 10.9 Å². The Kier molecular flexibility index (Phi) is 2.72. The first-order valence-electron chi connectivity index (χ1n) is 5.63. The van der Waals surface area contributed by atoms with Gasteiger partial charge < -0.3 is 5.11 Å². The molecule has 2 nitrogen and oxygen atoms in total. The number of carbonyl (C=O) groups is 1. The lowest BCUT2D eigenvalue weighted by Crippen LogP contribution is -2.06. The molecule has 0 amide bonds. The zero-order valence-corrected chi connectivity index (χ0v) is 10.7. The van der Waals surface area contributed by atoms with Crippen LogP contribution in [0.5, 0.6) is 0 Å². The molecule has 0 bridgehead atoms. The van der Waals surface area contributed by atoms with Crippen LogP contribution in [-0.4, -0.2) is 11.1 Å². The van der Waals surface area contributed by atoms with Crippen LogP contribution in [0, 0.1) is 0 Å². The van der Waals surface area contributed by atoms with Crippen LogP contribution in [0.1, 0.15) is 15.9 Å². The Balaban J connectivity index is 2.53. The van der Waals surface area contributed by atoms with E-state index in [2.05, 4.69) is 0 Å². The van der Waals surface area contributed by atoms with E-state index >= 15 is 0 Å². The van der Waals surface area contributed by atoms with Crippen molar-refractivity contribution in [1.29, 1.82) is 0 Å². The van der Waals surface area contributed by atoms with Crippen molar-refractivity contribution in [2.75, 3.05) is 0 Å². The lowest BCUT2D eigenvalue weighted by molar-refractivity contribution is -0.136. The quantitative estimate of drug-likeness (QED) is 0.702. The van der Waals surface area contributed by atoms with Crippen LogP contribution in [0.3, 0.4) is 0 Å². The molecule has 0 fully saturated rings. The number of thiophene rings is 1. The highest BCUT2D eigenvalue weighted by molar-refractivity contribution is 7.17. The molecular formula is C14H7F3O2S. The van der Waals surface area contributed by atoms with Gasteiger partial charge in [-0.1, -0.05) is 12.1 Å². The van der Waals surface area contributed by atoms with Crippen molar-refractivity contribution < 1.29 is 23.1 Å². The summed E-state index contributed by atoms with van der Waals surface area (Å²) >= 11 is 1.21. The van der Waals surface area contributed by atoms with E-state index in [0.29, 0.717) is 15.5 Å². The number of carboxylic acids is 1. The highest BCUT2D eigenvalue weighted by atomic mass is 32.1. The van der Waals surface area contributed by atoms with Crippen LogP contribution in [0.4, 0.5) is 13.2 Å². The van der Waals surface area contributed by atoms with Gasteiger partial charge in [0.25, 0.3) is 0 Å². The fourth-order valence-electron chi connectivity index (χ4n) is 2.30. The Labute approximate surface area is 115 Å². The molecule has 1 aromatic heterocycles. The van der Waals surface area contributed by atoms with Crippen molar-refractivity contribution in [1.82, 2.24) is 0 Å². The fourth-order valence-corrected chi connectivity index (χ4v) is 3.22. The van der Waals surface area contributed by atoms with Crippen molar-refractivity contribution >= 4 is 38.2 Å². The molecule has 102 valence electrons. The summed E-state index contributed by atoms with van der Waals surface area (Å²) in [6.07, 6.45) is -4.51. The van der Waals surface area contributed by atoms with Gasteiger partial charge in [-0.15, -0.1) is 11.3 Å². The molecule has 0 unspecified atom stereocenters. The zero-order chi connectivity index (χ0) is 14.5. The number of rotatable bonds is 1. The largest absolute Gasteiger partial charge is 0.478 e. The van der Waals surface area contributed by atoms with Crippen molar-refractivity contribution in [3.05, 3.63) is 46.8 Å². The number of aromatic carboxylic acids is 1. The van der Waals surface area contributed by atoms with Crippen molar-refractivity contribution in [3.8, 4) is 0 Å². The Morgan fingerprint density at radius 3 is 2.50 bits per heavy atom. The average molecular weight is 296 g/mol. The van der Waals surface area contributed by atoms with Gasteiger partial charge in [-0.2, -0.15) is 13.2 Å². The molecule has 20 heavy (non-hydrogen) atoms. The topological polar surface area (TPSA) is 37.3 Å². The number of halogens is 3. The molecule has 1 N–H and O–H groups in total. The first-order valence-corrected chi connectivity index (χ1v) is 6.51. The van der Waals surface area contributed by atoms with Crippen LogP contribution < -0.4 is 0 Å².